The van der Waals surface area contributed by atoms with E-state index in [1.807, 2.05) is 0 Å². The smallest absolute Gasteiger partial charge is 0.162 e. The number of nitrogens with two attached hydrogens (primary N) is 1. The number of ketones is 1. The molecule has 0 aromatic heterocycles. The van der Waals surface area contributed by atoms with Crippen LogP contribution in [0, 0.1) is 0 Å². The van der Waals surface area contributed by atoms with E-state index in [1.54, 1.807) is 24.3 Å². The van der Waals surface area contributed by atoms with Crippen molar-refractivity contribution in [1.29, 1.82) is 0 Å². The highest BCUT2D eigenvalue weighted by Crippen LogP contribution is 2.18. The Balaban J connectivity index is 1.85. The first-order chi connectivity index (χ1) is 7.75. The molecule has 1 unspecified atom stereocenters. The van der Waals surface area contributed by atoms with E-state index in [2.05, 4.69) is 0 Å². The summed E-state index contributed by atoms with van der Waals surface area (Å²) in [5, 5.41) is 0. The van der Waals surface area contributed by atoms with Crippen molar-refractivity contribution in [3.63, 3.8) is 0 Å². The average molecular weight is 219 g/mol. The van der Waals surface area contributed by atoms with Crippen LogP contribution in [0.2, 0.25) is 0 Å². The normalized spacial score (nSPS) is 19.9. The van der Waals surface area contributed by atoms with E-state index in [9.17, 15) is 4.79 Å². The van der Waals surface area contributed by atoms with Gasteiger partial charge in [-0.25, -0.2) is 0 Å². The maximum Gasteiger partial charge on any atom is 0.162 e. The van der Waals surface area contributed by atoms with Crippen molar-refractivity contribution in [3.05, 3.63) is 29.8 Å². The topological polar surface area (TPSA) is 52.3 Å². The van der Waals surface area contributed by atoms with E-state index in [1.165, 1.54) is 0 Å². The maximum absolute atomic E-state index is 11.8. The largest absolute Gasteiger partial charge is 0.399 e. The second-order valence-electron chi connectivity index (χ2n) is 4.22. The molecule has 1 saturated heterocycles. The van der Waals surface area contributed by atoms with Crippen LogP contribution in [-0.2, 0) is 4.74 Å². The lowest BCUT2D eigenvalue weighted by atomic mass is 10.0. The Bertz CT molecular complexity index is 353. The van der Waals surface area contributed by atoms with Crippen LogP contribution in [0.1, 0.15) is 36.0 Å². The van der Waals surface area contributed by atoms with E-state index in [0.717, 1.165) is 31.4 Å². The number of anilines is 1. The number of ether oxygens (including phenoxy) is 1. The zero-order valence-electron chi connectivity index (χ0n) is 9.32. The molecule has 1 aromatic carbocycles. The molecule has 1 fully saturated rings. The van der Waals surface area contributed by atoms with E-state index in [4.69, 9.17) is 10.5 Å². The van der Waals surface area contributed by atoms with Crippen molar-refractivity contribution in [2.24, 2.45) is 0 Å². The molecule has 1 aliphatic heterocycles. The molecule has 0 radical (unpaired) electrons. The summed E-state index contributed by atoms with van der Waals surface area (Å²) in [5.74, 6) is 0.176. The van der Waals surface area contributed by atoms with Crippen LogP contribution < -0.4 is 5.73 Å². The third-order valence-electron chi connectivity index (χ3n) is 2.95. The minimum Gasteiger partial charge on any atom is -0.399 e. The third kappa shape index (κ3) is 2.83. The van der Waals surface area contributed by atoms with E-state index in [-0.39, 0.29) is 11.9 Å². The number of nitrogen functional groups attached to an aromatic ring is 1. The number of benzene rings is 1. The van der Waals surface area contributed by atoms with Crippen LogP contribution in [0.4, 0.5) is 5.69 Å². The molecule has 0 amide bonds. The molecule has 0 spiro atoms. The van der Waals surface area contributed by atoms with Crippen molar-refractivity contribution >= 4 is 11.5 Å². The second-order valence-corrected chi connectivity index (χ2v) is 4.22. The second kappa shape index (κ2) is 5.12. The summed E-state index contributed by atoms with van der Waals surface area (Å²) in [7, 11) is 0. The van der Waals surface area contributed by atoms with Gasteiger partial charge in [0.1, 0.15) is 0 Å². The van der Waals surface area contributed by atoms with Gasteiger partial charge in [0.2, 0.25) is 0 Å². The molecule has 0 saturated carbocycles. The molecular weight excluding hydrogens is 202 g/mol. The van der Waals surface area contributed by atoms with Gasteiger partial charge in [0.05, 0.1) is 6.10 Å². The van der Waals surface area contributed by atoms with Gasteiger partial charge >= 0.3 is 0 Å². The first-order valence-corrected chi connectivity index (χ1v) is 5.76. The Morgan fingerprint density at radius 3 is 2.75 bits per heavy atom. The van der Waals surface area contributed by atoms with Crippen molar-refractivity contribution in [3.8, 4) is 0 Å². The summed E-state index contributed by atoms with van der Waals surface area (Å²) >= 11 is 0. The van der Waals surface area contributed by atoms with Crippen LogP contribution in [0.5, 0.6) is 0 Å². The Kier molecular flexibility index (Phi) is 3.57. The first kappa shape index (κ1) is 11.1. The van der Waals surface area contributed by atoms with Crippen LogP contribution >= 0.6 is 0 Å². The highest BCUT2D eigenvalue weighted by Gasteiger charge is 2.17. The molecule has 3 heteroatoms. The lowest BCUT2D eigenvalue weighted by molar-refractivity contribution is 0.0859. The molecular formula is C13H17NO2. The highest BCUT2D eigenvalue weighted by atomic mass is 16.5. The number of carbonyl (C=O) groups is 1. The molecule has 3 nitrogen and oxygen atoms in total. The molecule has 0 aliphatic carbocycles. The molecule has 1 heterocycles. The van der Waals surface area contributed by atoms with Gasteiger partial charge in [-0.3, -0.25) is 4.79 Å². The number of hydrogen-bond acceptors (Lipinski definition) is 3. The van der Waals surface area contributed by atoms with Crippen LogP contribution in [0.3, 0.4) is 0 Å². The molecule has 16 heavy (non-hydrogen) atoms. The monoisotopic (exact) mass is 219 g/mol. The Morgan fingerprint density at radius 2 is 2.12 bits per heavy atom. The molecule has 86 valence electrons. The SMILES string of the molecule is Nc1ccc(C(=O)CCC2CCCO2)cc1. The standard InChI is InChI=1S/C13H17NO2/c14-11-5-3-10(4-6-11)13(15)8-7-12-2-1-9-16-12/h3-6,12H,1-2,7-9,14H2. The van der Waals surface area contributed by atoms with Gasteiger partial charge in [0.15, 0.2) is 5.78 Å². The lowest BCUT2D eigenvalue weighted by Gasteiger charge is -2.08. The quantitative estimate of drug-likeness (QED) is 0.625. The Hall–Kier alpha value is -1.35. The predicted octanol–water partition coefficient (Wildman–Crippen LogP) is 2.41. The Morgan fingerprint density at radius 1 is 1.38 bits per heavy atom. The summed E-state index contributed by atoms with van der Waals surface area (Å²) in [5.41, 5.74) is 7.00. The molecule has 0 bridgehead atoms. The van der Waals surface area contributed by atoms with Crippen molar-refractivity contribution in [1.82, 2.24) is 0 Å². The number of carbonyl (C=O) groups excluding carboxylic acids is 1. The summed E-state index contributed by atoms with van der Waals surface area (Å²) in [6.07, 6.45) is 3.91. The number of hydrogen-bond donors (Lipinski definition) is 1. The zero-order chi connectivity index (χ0) is 11.4. The van der Waals surface area contributed by atoms with Crippen molar-refractivity contribution in [2.75, 3.05) is 12.3 Å². The fourth-order valence-corrected chi connectivity index (χ4v) is 1.98. The average Bonchev–Trinajstić information content (AvgIpc) is 2.80. The number of rotatable bonds is 4. The van der Waals surface area contributed by atoms with Crippen LogP contribution in [0.15, 0.2) is 24.3 Å². The number of Topliss-reactive ketones (excluding diaryl/α,β-unsaturated/α-hetero) is 1. The van der Waals surface area contributed by atoms with Crippen LogP contribution in [0.25, 0.3) is 0 Å². The summed E-state index contributed by atoms with van der Waals surface area (Å²) in [6.45, 7) is 0.848. The van der Waals surface area contributed by atoms with Crippen molar-refractivity contribution < 1.29 is 9.53 Å². The zero-order valence-corrected chi connectivity index (χ0v) is 9.32. The molecule has 1 aromatic rings. The molecule has 2 rings (SSSR count). The van der Waals surface area contributed by atoms with Gasteiger partial charge in [-0.1, -0.05) is 0 Å². The lowest BCUT2D eigenvalue weighted by Crippen LogP contribution is -2.08. The molecule has 1 aliphatic rings. The third-order valence-corrected chi connectivity index (χ3v) is 2.95. The highest BCUT2D eigenvalue weighted by molar-refractivity contribution is 5.96. The van der Waals surface area contributed by atoms with E-state index >= 15 is 0 Å². The minimum absolute atomic E-state index is 0.176. The van der Waals surface area contributed by atoms with Gasteiger partial charge in [-0.05, 0) is 43.5 Å². The van der Waals surface area contributed by atoms with Gasteiger partial charge < -0.3 is 10.5 Å². The fourth-order valence-electron chi connectivity index (χ4n) is 1.98. The summed E-state index contributed by atoms with van der Waals surface area (Å²) in [4.78, 5) is 11.8. The van der Waals surface area contributed by atoms with Crippen molar-refractivity contribution in [2.45, 2.75) is 31.8 Å². The molecule has 2 N–H and O–H groups in total. The summed E-state index contributed by atoms with van der Waals surface area (Å²) in [6, 6.07) is 7.10. The van der Waals surface area contributed by atoms with Gasteiger partial charge in [-0.2, -0.15) is 0 Å². The first-order valence-electron chi connectivity index (χ1n) is 5.76. The van der Waals surface area contributed by atoms with Crippen LogP contribution in [-0.4, -0.2) is 18.5 Å². The Labute approximate surface area is 95.6 Å². The maximum atomic E-state index is 11.8. The van der Waals surface area contributed by atoms with E-state index < -0.39 is 0 Å². The van der Waals surface area contributed by atoms with Gasteiger partial charge in [0.25, 0.3) is 0 Å². The van der Waals surface area contributed by atoms with E-state index in [0.29, 0.717) is 12.1 Å². The van der Waals surface area contributed by atoms with Gasteiger partial charge in [0, 0.05) is 24.3 Å². The minimum atomic E-state index is 0.176. The predicted molar refractivity (Wildman–Crippen MR) is 63.4 cm³/mol. The van der Waals surface area contributed by atoms with Gasteiger partial charge in [-0.15, -0.1) is 0 Å². The molecule has 1 atom stereocenters. The fraction of sp³-hybridized carbons (Fsp3) is 0.462. The summed E-state index contributed by atoms with van der Waals surface area (Å²) < 4.78 is 5.49.